The topological polar surface area (TPSA) is 46.2 Å². The second-order valence-corrected chi connectivity index (χ2v) is 4.56. The summed E-state index contributed by atoms with van der Waals surface area (Å²) in [5, 5.41) is 0.505. The number of nitrogens with one attached hydrogen (secondary N) is 1. The predicted molar refractivity (Wildman–Crippen MR) is 63.5 cm³/mol. The van der Waals surface area contributed by atoms with E-state index in [0.717, 1.165) is 0 Å². The number of carbonyl (C=O) groups is 2. The molecule has 0 fully saturated rings. The van der Waals surface area contributed by atoms with Gasteiger partial charge in [0.1, 0.15) is 0 Å². The Hall–Kier alpha value is -1.42. The van der Waals surface area contributed by atoms with Gasteiger partial charge in [0, 0.05) is 16.7 Å². The number of rotatable bonds is 1. The van der Waals surface area contributed by atoms with Crippen LogP contribution in [0.1, 0.15) is 11.1 Å². The molecule has 0 unspecified atom stereocenters. The van der Waals surface area contributed by atoms with Gasteiger partial charge in [0.25, 0.3) is 5.12 Å². The summed E-state index contributed by atoms with van der Waals surface area (Å²) in [6.07, 6.45) is -10.5. The first-order valence-electron chi connectivity index (χ1n) is 4.89. The second kappa shape index (κ2) is 6.14. The third-order valence-corrected chi connectivity index (χ3v) is 2.89. The minimum absolute atomic E-state index is 0.0117. The number of halogens is 7. The van der Waals surface area contributed by atoms with Crippen LogP contribution in [0.3, 0.4) is 0 Å². The molecule has 0 atom stereocenters. The molecule has 0 spiro atoms. The fourth-order valence-electron chi connectivity index (χ4n) is 1.32. The van der Waals surface area contributed by atoms with Crippen molar-refractivity contribution in [3.05, 3.63) is 29.3 Å². The third-order valence-electron chi connectivity index (χ3n) is 2.14. The number of amides is 1. The summed E-state index contributed by atoms with van der Waals surface area (Å²) in [5.74, 6) is -1.36. The van der Waals surface area contributed by atoms with Crippen molar-refractivity contribution in [1.29, 1.82) is 0 Å². The summed E-state index contributed by atoms with van der Waals surface area (Å²) in [7, 11) is 4.97. The predicted octanol–water partition coefficient (Wildman–Crippen LogP) is 4.08. The second-order valence-electron chi connectivity index (χ2n) is 3.57. The van der Waals surface area contributed by atoms with Crippen LogP contribution in [-0.2, 0) is 21.9 Å². The summed E-state index contributed by atoms with van der Waals surface area (Å²) in [4.78, 5) is 22.0. The Morgan fingerprint density at radius 2 is 1.52 bits per heavy atom. The van der Waals surface area contributed by atoms with Crippen molar-refractivity contribution in [2.75, 3.05) is 5.32 Å². The first-order chi connectivity index (χ1) is 9.46. The molecule has 1 N–H and O–H groups in total. The van der Waals surface area contributed by atoms with E-state index >= 15 is 0 Å². The SMILES string of the molecule is O=C(Nc1ccc(C(F)(F)F)c(C(F)(F)F)c1)C(=O)SCl. The van der Waals surface area contributed by atoms with Gasteiger partial charge in [-0.05, 0) is 28.9 Å². The van der Waals surface area contributed by atoms with Gasteiger partial charge >= 0.3 is 18.3 Å². The minimum Gasteiger partial charge on any atom is -0.319 e. The van der Waals surface area contributed by atoms with Crippen molar-refractivity contribution in [2.45, 2.75) is 12.4 Å². The Balaban J connectivity index is 3.23. The minimum atomic E-state index is -5.28. The number of alkyl halides is 6. The summed E-state index contributed by atoms with van der Waals surface area (Å²) in [6, 6.07) is 0.853. The van der Waals surface area contributed by atoms with Gasteiger partial charge in [-0.2, -0.15) is 26.3 Å². The first-order valence-corrected chi connectivity index (χ1v) is 6.53. The fourth-order valence-corrected chi connectivity index (χ4v) is 1.65. The maximum absolute atomic E-state index is 12.6. The molecule has 1 rings (SSSR count). The lowest BCUT2D eigenvalue weighted by molar-refractivity contribution is -0.162. The van der Waals surface area contributed by atoms with E-state index in [1.807, 2.05) is 0 Å². The lowest BCUT2D eigenvalue weighted by Gasteiger charge is -2.16. The first kappa shape index (κ1) is 17.6. The van der Waals surface area contributed by atoms with Gasteiger partial charge in [-0.1, -0.05) is 0 Å². The van der Waals surface area contributed by atoms with Crippen LogP contribution in [0.5, 0.6) is 0 Å². The standard InChI is InChI=1S/C10H4ClF6NO2S/c11-21-8(20)7(19)18-4-1-2-5(9(12,13)14)6(3-4)10(15,16)17/h1-3H,(H,18,19). The normalized spacial score (nSPS) is 12.1. The van der Waals surface area contributed by atoms with Crippen molar-refractivity contribution in [2.24, 2.45) is 0 Å². The van der Waals surface area contributed by atoms with E-state index in [0.29, 0.717) is 6.07 Å². The third kappa shape index (κ3) is 4.53. The largest absolute Gasteiger partial charge is 0.417 e. The maximum Gasteiger partial charge on any atom is 0.417 e. The monoisotopic (exact) mass is 351 g/mol. The molecule has 21 heavy (non-hydrogen) atoms. The smallest absolute Gasteiger partial charge is 0.319 e. The molecule has 0 aromatic heterocycles. The lowest BCUT2D eigenvalue weighted by atomic mass is 10.1. The van der Waals surface area contributed by atoms with Gasteiger partial charge in [0.15, 0.2) is 0 Å². The average molecular weight is 352 g/mol. The highest BCUT2D eigenvalue weighted by molar-refractivity contribution is 8.33. The molecule has 0 radical (unpaired) electrons. The molecule has 0 bridgehead atoms. The molecule has 0 heterocycles. The molecule has 1 aromatic rings. The average Bonchev–Trinajstić information content (AvgIpc) is 2.35. The van der Waals surface area contributed by atoms with Crippen molar-refractivity contribution < 1.29 is 35.9 Å². The summed E-state index contributed by atoms with van der Waals surface area (Å²) < 4.78 is 75.3. The summed E-state index contributed by atoms with van der Waals surface area (Å²) >= 11 is 0. The Morgan fingerprint density at radius 1 is 1.00 bits per heavy atom. The molecular weight excluding hydrogens is 348 g/mol. The van der Waals surface area contributed by atoms with Crippen molar-refractivity contribution in [1.82, 2.24) is 0 Å². The van der Waals surface area contributed by atoms with Gasteiger partial charge in [0.2, 0.25) is 0 Å². The Labute approximate surface area is 122 Å². The van der Waals surface area contributed by atoms with Crippen LogP contribution in [0.15, 0.2) is 18.2 Å². The van der Waals surface area contributed by atoms with Gasteiger partial charge in [-0.25, -0.2) is 0 Å². The molecule has 0 aliphatic rings. The van der Waals surface area contributed by atoms with E-state index < -0.39 is 40.2 Å². The zero-order valence-electron chi connectivity index (χ0n) is 9.60. The zero-order chi connectivity index (χ0) is 16.4. The van der Waals surface area contributed by atoms with Gasteiger partial charge in [0.05, 0.1) is 11.1 Å². The van der Waals surface area contributed by atoms with Crippen LogP contribution in [0, 0.1) is 0 Å². The zero-order valence-corrected chi connectivity index (χ0v) is 11.2. The molecule has 3 nitrogen and oxygen atoms in total. The lowest BCUT2D eigenvalue weighted by Crippen LogP contribution is -2.21. The van der Waals surface area contributed by atoms with Crippen LogP contribution in [0.25, 0.3) is 0 Å². The van der Waals surface area contributed by atoms with Gasteiger partial charge in [-0.15, -0.1) is 0 Å². The van der Waals surface area contributed by atoms with Crippen LogP contribution in [-0.4, -0.2) is 11.0 Å². The number of carbonyl (C=O) groups excluding carboxylic acids is 2. The maximum atomic E-state index is 12.6. The number of anilines is 1. The van der Waals surface area contributed by atoms with Crippen molar-refractivity contribution in [3.8, 4) is 0 Å². The highest BCUT2D eigenvalue weighted by atomic mass is 35.7. The molecule has 0 saturated carbocycles. The summed E-state index contributed by atoms with van der Waals surface area (Å²) in [5.41, 5.74) is -4.48. The molecule has 0 aliphatic carbocycles. The summed E-state index contributed by atoms with van der Waals surface area (Å²) in [6.45, 7) is 0. The van der Waals surface area contributed by atoms with E-state index in [1.54, 1.807) is 5.32 Å². The van der Waals surface area contributed by atoms with E-state index in [2.05, 4.69) is 0 Å². The fraction of sp³-hybridized carbons (Fsp3) is 0.200. The molecule has 0 saturated heterocycles. The van der Waals surface area contributed by atoms with Crippen molar-refractivity contribution in [3.63, 3.8) is 0 Å². The number of benzene rings is 1. The van der Waals surface area contributed by atoms with E-state index in [9.17, 15) is 35.9 Å². The van der Waals surface area contributed by atoms with Crippen LogP contribution < -0.4 is 5.32 Å². The van der Waals surface area contributed by atoms with Crippen LogP contribution in [0.2, 0.25) is 0 Å². The molecule has 0 aliphatic heterocycles. The Bertz CT molecular complexity index is 572. The number of hydrogen-bond donors (Lipinski definition) is 1. The molecule has 1 amide bonds. The number of hydrogen-bond acceptors (Lipinski definition) is 3. The highest BCUT2D eigenvalue weighted by Gasteiger charge is 2.43. The highest BCUT2D eigenvalue weighted by Crippen LogP contribution is 2.41. The molecule has 116 valence electrons. The van der Waals surface area contributed by atoms with Crippen LogP contribution in [0.4, 0.5) is 32.0 Å². The molecule has 1 aromatic carbocycles. The quantitative estimate of drug-likeness (QED) is 0.612. The van der Waals surface area contributed by atoms with Gasteiger partial charge in [-0.3, -0.25) is 9.59 Å². The Morgan fingerprint density at radius 3 is 1.95 bits per heavy atom. The van der Waals surface area contributed by atoms with E-state index in [1.165, 1.54) is 0 Å². The molecule has 11 heteroatoms. The molecular formula is C10H4ClF6NO2S. The van der Waals surface area contributed by atoms with E-state index in [-0.39, 0.29) is 23.1 Å². The van der Waals surface area contributed by atoms with Crippen LogP contribution >= 0.6 is 21.7 Å². The Kier molecular flexibility index (Phi) is 5.16. The van der Waals surface area contributed by atoms with Crippen molar-refractivity contribution >= 4 is 38.4 Å². The van der Waals surface area contributed by atoms with Gasteiger partial charge < -0.3 is 5.32 Å². The van der Waals surface area contributed by atoms with E-state index in [4.69, 9.17) is 10.7 Å².